The number of carboxylic acid groups (broad SMARTS) is 1. The zero-order valence-corrected chi connectivity index (χ0v) is 10.6. The Morgan fingerprint density at radius 2 is 1.95 bits per heavy atom. The third kappa shape index (κ3) is 1.99. The van der Waals surface area contributed by atoms with Gasteiger partial charge in [-0.3, -0.25) is 9.59 Å². The second-order valence-electron chi connectivity index (χ2n) is 4.02. The Balaban J connectivity index is 2.95. The van der Waals surface area contributed by atoms with E-state index in [9.17, 15) is 19.5 Å². The van der Waals surface area contributed by atoms with E-state index in [2.05, 4.69) is 0 Å². The molecule has 2 aromatic rings. The lowest BCUT2D eigenvalue weighted by molar-refractivity contribution is -0.131. The lowest BCUT2D eigenvalue weighted by Gasteiger charge is -2.08. The highest BCUT2D eigenvalue weighted by Crippen LogP contribution is 2.29. The predicted octanol–water partition coefficient (Wildman–Crippen LogP) is 1.08. The molecule has 0 spiro atoms. The van der Waals surface area contributed by atoms with Gasteiger partial charge < -0.3 is 19.4 Å². The highest BCUT2D eigenvalue weighted by atomic mass is 16.5. The maximum Gasteiger partial charge on any atom is 0.377 e. The number of ether oxygens (including phenoxy) is 1. The van der Waals surface area contributed by atoms with E-state index >= 15 is 0 Å². The molecule has 0 aliphatic carbocycles. The number of benzene rings is 1. The van der Waals surface area contributed by atoms with Crippen molar-refractivity contribution < 1.29 is 29.0 Å². The van der Waals surface area contributed by atoms with Crippen molar-refractivity contribution in [1.82, 2.24) is 0 Å². The number of ketones is 1. The van der Waals surface area contributed by atoms with Gasteiger partial charge in [0.15, 0.2) is 0 Å². The summed E-state index contributed by atoms with van der Waals surface area (Å²) in [5, 5.41) is 18.1. The molecule has 7 nitrogen and oxygen atoms in total. The van der Waals surface area contributed by atoms with Crippen LogP contribution in [0, 0.1) is 6.92 Å². The van der Waals surface area contributed by atoms with Gasteiger partial charge in [0, 0.05) is 12.1 Å². The van der Waals surface area contributed by atoms with Crippen LogP contribution in [0.4, 0.5) is 0 Å². The van der Waals surface area contributed by atoms with Gasteiger partial charge in [-0.15, -0.1) is 0 Å². The quantitative estimate of drug-likeness (QED) is 0.637. The van der Waals surface area contributed by atoms with Crippen molar-refractivity contribution in [2.45, 2.75) is 6.92 Å². The Morgan fingerprint density at radius 3 is 2.50 bits per heavy atom. The molecule has 0 atom stereocenters. The fourth-order valence-corrected chi connectivity index (χ4v) is 1.91. The Kier molecular flexibility index (Phi) is 3.19. The molecular formula is C13H10O7. The molecule has 1 aromatic carbocycles. The number of carbonyl (C=O) groups excluding carboxylic acids is 1. The first-order chi connectivity index (χ1) is 9.36. The molecule has 7 heteroatoms. The van der Waals surface area contributed by atoms with Crippen molar-refractivity contribution in [2.24, 2.45) is 0 Å². The van der Waals surface area contributed by atoms with Gasteiger partial charge in [-0.05, 0) is 6.92 Å². The first kappa shape index (κ1) is 13.6. The van der Waals surface area contributed by atoms with Crippen LogP contribution in [-0.2, 0) is 4.79 Å². The molecule has 2 N–H and O–H groups in total. The number of rotatable bonds is 3. The first-order valence-electron chi connectivity index (χ1n) is 5.48. The van der Waals surface area contributed by atoms with Crippen molar-refractivity contribution in [2.75, 3.05) is 7.11 Å². The van der Waals surface area contributed by atoms with E-state index in [1.54, 1.807) is 0 Å². The molecule has 0 amide bonds. The summed E-state index contributed by atoms with van der Waals surface area (Å²) in [5.41, 5.74) is -1.37. The summed E-state index contributed by atoms with van der Waals surface area (Å²) < 4.78 is 10.2. The highest BCUT2D eigenvalue weighted by Gasteiger charge is 2.25. The number of carboxylic acids is 1. The van der Waals surface area contributed by atoms with Crippen LogP contribution in [0.25, 0.3) is 11.0 Å². The maximum atomic E-state index is 12.3. The Hall–Kier alpha value is -2.83. The van der Waals surface area contributed by atoms with Crippen molar-refractivity contribution >= 4 is 22.7 Å². The van der Waals surface area contributed by atoms with Gasteiger partial charge in [-0.25, -0.2) is 4.79 Å². The molecule has 0 saturated carbocycles. The number of hydrogen-bond donors (Lipinski definition) is 2. The number of carbonyl (C=O) groups is 2. The van der Waals surface area contributed by atoms with Gasteiger partial charge in [0.1, 0.15) is 33.8 Å². The van der Waals surface area contributed by atoms with Crippen LogP contribution in [0.2, 0.25) is 0 Å². The van der Waals surface area contributed by atoms with Crippen molar-refractivity contribution in [1.29, 1.82) is 0 Å². The van der Waals surface area contributed by atoms with E-state index in [1.165, 1.54) is 26.2 Å². The van der Waals surface area contributed by atoms with E-state index < -0.39 is 22.7 Å². The molecule has 104 valence electrons. The molecule has 0 aliphatic rings. The third-order valence-corrected chi connectivity index (χ3v) is 2.76. The molecule has 1 aromatic heterocycles. The van der Waals surface area contributed by atoms with Crippen LogP contribution in [-0.4, -0.2) is 29.1 Å². The summed E-state index contributed by atoms with van der Waals surface area (Å²) in [6.45, 7) is 1.30. The Bertz CT molecular complexity index is 785. The molecule has 0 unspecified atom stereocenters. The number of Topliss-reactive ketones (excluding diaryl/α,β-unsaturated/α-hetero) is 1. The van der Waals surface area contributed by atoms with Crippen LogP contribution in [0.3, 0.4) is 0 Å². The fraction of sp³-hybridized carbons (Fsp3) is 0.154. The van der Waals surface area contributed by atoms with Gasteiger partial charge in [0.2, 0.25) is 5.43 Å². The van der Waals surface area contributed by atoms with E-state index in [-0.39, 0.29) is 28.2 Å². The molecule has 0 radical (unpaired) electrons. The summed E-state index contributed by atoms with van der Waals surface area (Å²) in [6.07, 6.45) is 0. The van der Waals surface area contributed by atoms with Crippen molar-refractivity contribution in [3.8, 4) is 11.5 Å². The van der Waals surface area contributed by atoms with Crippen LogP contribution in [0.15, 0.2) is 21.3 Å². The summed E-state index contributed by atoms with van der Waals surface area (Å²) in [6, 6.07) is 2.35. The van der Waals surface area contributed by atoms with E-state index in [0.29, 0.717) is 0 Å². The number of hydrogen-bond acceptors (Lipinski definition) is 6. The lowest BCUT2D eigenvalue weighted by Crippen LogP contribution is -2.23. The molecule has 0 aliphatic heterocycles. The molecule has 0 fully saturated rings. The van der Waals surface area contributed by atoms with Crippen LogP contribution in [0.1, 0.15) is 16.1 Å². The minimum atomic E-state index is -1.75. The number of aryl methyl sites for hydroxylation is 1. The van der Waals surface area contributed by atoms with Crippen molar-refractivity contribution in [3.63, 3.8) is 0 Å². The number of phenolic OH excluding ortho intramolecular Hbond substituents is 1. The average Bonchev–Trinajstić information content (AvgIpc) is 2.36. The number of aromatic hydroxyl groups is 1. The van der Waals surface area contributed by atoms with Crippen LogP contribution in [0.5, 0.6) is 11.5 Å². The number of fused-ring (bicyclic) bond motifs is 1. The van der Waals surface area contributed by atoms with Gasteiger partial charge in [-0.2, -0.15) is 0 Å². The molecule has 0 saturated heterocycles. The highest BCUT2D eigenvalue weighted by molar-refractivity contribution is 6.40. The minimum absolute atomic E-state index is 0.00582. The van der Waals surface area contributed by atoms with Gasteiger partial charge in [0.05, 0.1) is 7.11 Å². The average molecular weight is 278 g/mol. The molecule has 20 heavy (non-hydrogen) atoms. The topological polar surface area (TPSA) is 114 Å². The SMILES string of the molecule is COc1cc(O)cc2oc(C)c(C(=O)C(=O)O)c(=O)c12. The van der Waals surface area contributed by atoms with Gasteiger partial charge >= 0.3 is 5.97 Å². The second-order valence-corrected chi connectivity index (χ2v) is 4.02. The van der Waals surface area contributed by atoms with E-state index in [4.69, 9.17) is 14.3 Å². The zero-order chi connectivity index (χ0) is 15.0. The van der Waals surface area contributed by atoms with Crippen LogP contribution < -0.4 is 10.2 Å². The minimum Gasteiger partial charge on any atom is -0.508 e. The maximum absolute atomic E-state index is 12.3. The standard InChI is InChI=1S/C13H10O7/c1-5-9(12(16)13(17)18)11(15)10-7(19-2)3-6(14)4-8(10)20-5/h3-4,14H,1-2H3,(H,17,18). The number of methoxy groups -OCH3 is 1. The summed E-state index contributed by atoms with van der Waals surface area (Å²) >= 11 is 0. The number of aliphatic carboxylic acids is 1. The predicted molar refractivity (Wildman–Crippen MR) is 67.4 cm³/mol. The third-order valence-electron chi connectivity index (χ3n) is 2.76. The normalized spacial score (nSPS) is 10.5. The Labute approximate surface area is 112 Å². The molecule has 2 rings (SSSR count). The Morgan fingerprint density at radius 1 is 1.30 bits per heavy atom. The molecular weight excluding hydrogens is 268 g/mol. The van der Waals surface area contributed by atoms with E-state index in [1.807, 2.05) is 0 Å². The second kappa shape index (κ2) is 4.69. The largest absolute Gasteiger partial charge is 0.508 e. The first-order valence-corrected chi connectivity index (χ1v) is 5.48. The number of phenols is 1. The van der Waals surface area contributed by atoms with E-state index in [0.717, 1.165) is 0 Å². The monoisotopic (exact) mass is 278 g/mol. The zero-order valence-electron chi connectivity index (χ0n) is 10.6. The smallest absolute Gasteiger partial charge is 0.377 e. The summed E-state index contributed by atoms with van der Waals surface area (Å²) in [7, 11) is 1.27. The molecule has 0 bridgehead atoms. The molecule has 1 heterocycles. The fourth-order valence-electron chi connectivity index (χ4n) is 1.91. The summed E-state index contributed by atoms with van der Waals surface area (Å²) in [4.78, 5) is 34.6. The van der Waals surface area contributed by atoms with Gasteiger partial charge in [-0.1, -0.05) is 0 Å². The van der Waals surface area contributed by atoms with Crippen LogP contribution >= 0.6 is 0 Å². The van der Waals surface area contributed by atoms with Crippen molar-refractivity contribution in [3.05, 3.63) is 33.7 Å². The van der Waals surface area contributed by atoms with Gasteiger partial charge in [0.25, 0.3) is 5.78 Å². The summed E-state index contributed by atoms with van der Waals surface area (Å²) in [5.74, 6) is -3.43. The lowest BCUT2D eigenvalue weighted by atomic mass is 10.1.